The quantitative estimate of drug-likeness (QED) is 0.804. The number of fused-ring (bicyclic) bond motifs is 1. The number of primary amides is 1. The zero-order valence-electron chi connectivity index (χ0n) is 10.9. The molecule has 2 heterocycles. The molecule has 3 rings (SSSR count). The smallest absolute Gasteiger partial charge is 0.252 e. The van der Waals surface area contributed by atoms with Crippen LogP contribution in [0.5, 0.6) is 0 Å². The van der Waals surface area contributed by atoms with Gasteiger partial charge in [-0.1, -0.05) is 0 Å². The molecule has 21 heavy (non-hydrogen) atoms. The lowest BCUT2D eigenvalue weighted by atomic mass is 10.2. The molecule has 0 radical (unpaired) electrons. The van der Waals surface area contributed by atoms with Gasteiger partial charge in [0.1, 0.15) is 17.2 Å². The molecule has 1 aromatic carbocycles. The number of nitrogens with two attached hydrogens (primary N) is 1. The first-order valence-electron chi connectivity index (χ1n) is 6.24. The molecular weight excluding hydrogens is 276 g/mol. The maximum Gasteiger partial charge on any atom is 0.252 e. The molecule has 2 aromatic heterocycles. The Kier molecular flexibility index (Phi) is 3.13. The number of benzene rings is 1. The average molecular weight is 287 g/mol. The van der Waals surface area contributed by atoms with Crippen molar-refractivity contribution < 1.29 is 13.6 Å². The Labute approximate surface area is 118 Å². The lowest BCUT2D eigenvalue weighted by molar-refractivity contribution is 0.100. The summed E-state index contributed by atoms with van der Waals surface area (Å²) in [7, 11) is 0. The number of carbonyl (C=O) groups is 1. The summed E-state index contributed by atoms with van der Waals surface area (Å²) in [6, 6.07) is 6.70. The fraction of sp³-hybridized carbons (Fsp3) is 0.0667. The van der Waals surface area contributed by atoms with E-state index >= 15 is 0 Å². The average Bonchev–Trinajstić information content (AvgIpc) is 2.82. The molecule has 0 aliphatic carbocycles. The van der Waals surface area contributed by atoms with E-state index in [-0.39, 0.29) is 17.7 Å². The fourth-order valence-corrected chi connectivity index (χ4v) is 2.28. The van der Waals surface area contributed by atoms with Gasteiger partial charge in [0.2, 0.25) is 0 Å². The molecular formula is C15H11F2N3O. The van der Waals surface area contributed by atoms with Crippen molar-refractivity contribution in [2.24, 2.45) is 5.73 Å². The molecule has 6 heteroatoms. The van der Waals surface area contributed by atoms with Gasteiger partial charge in [-0.15, -0.1) is 0 Å². The molecule has 0 spiro atoms. The highest BCUT2D eigenvalue weighted by molar-refractivity contribution is 6.04. The highest BCUT2D eigenvalue weighted by atomic mass is 19.1. The van der Waals surface area contributed by atoms with Crippen molar-refractivity contribution in [2.75, 3.05) is 0 Å². The van der Waals surface area contributed by atoms with Crippen LogP contribution in [0.2, 0.25) is 0 Å². The van der Waals surface area contributed by atoms with Crippen molar-refractivity contribution in [3.05, 3.63) is 65.5 Å². The molecule has 3 aromatic rings. The molecule has 0 atom stereocenters. The minimum absolute atomic E-state index is 0.0824. The minimum atomic E-state index is -0.614. The molecule has 0 saturated carbocycles. The summed E-state index contributed by atoms with van der Waals surface area (Å²) in [6.45, 7) is 0.0824. The van der Waals surface area contributed by atoms with Gasteiger partial charge < -0.3 is 10.3 Å². The van der Waals surface area contributed by atoms with Crippen LogP contribution in [0.25, 0.3) is 11.0 Å². The molecule has 1 amide bonds. The van der Waals surface area contributed by atoms with Crippen molar-refractivity contribution in [3.8, 4) is 0 Å². The second-order valence-electron chi connectivity index (χ2n) is 4.64. The topological polar surface area (TPSA) is 60.9 Å². The van der Waals surface area contributed by atoms with Crippen molar-refractivity contribution in [3.63, 3.8) is 0 Å². The lowest BCUT2D eigenvalue weighted by Crippen LogP contribution is -2.10. The van der Waals surface area contributed by atoms with Gasteiger partial charge in [-0.25, -0.2) is 8.78 Å². The number of hydrogen-bond donors (Lipinski definition) is 1. The molecule has 4 nitrogen and oxygen atoms in total. The zero-order valence-corrected chi connectivity index (χ0v) is 10.9. The Morgan fingerprint density at radius 3 is 2.86 bits per heavy atom. The first-order valence-corrected chi connectivity index (χ1v) is 6.24. The second-order valence-corrected chi connectivity index (χ2v) is 4.64. The summed E-state index contributed by atoms with van der Waals surface area (Å²) in [4.78, 5) is 15.6. The molecule has 2 N–H and O–H groups in total. The molecule has 0 fully saturated rings. The maximum atomic E-state index is 13.7. The third-order valence-electron chi connectivity index (χ3n) is 3.25. The van der Waals surface area contributed by atoms with Crippen LogP contribution in [0.3, 0.4) is 0 Å². The van der Waals surface area contributed by atoms with Crippen LogP contribution in [-0.4, -0.2) is 15.5 Å². The highest BCUT2D eigenvalue weighted by Crippen LogP contribution is 2.21. The Balaban J connectivity index is 2.13. The SMILES string of the molecule is NC(=O)c1cn(Cc2cc(F)ccc2F)c2cccnc12. The van der Waals surface area contributed by atoms with E-state index in [1.54, 1.807) is 22.9 Å². The Hall–Kier alpha value is -2.76. The Morgan fingerprint density at radius 2 is 2.10 bits per heavy atom. The Bertz CT molecular complexity index is 842. The monoisotopic (exact) mass is 287 g/mol. The zero-order chi connectivity index (χ0) is 15.0. The van der Waals surface area contributed by atoms with Gasteiger partial charge in [0, 0.05) is 18.0 Å². The first-order chi connectivity index (χ1) is 10.1. The molecule has 0 bridgehead atoms. The number of pyridine rings is 1. The van der Waals surface area contributed by atoms with E-state index in [4.69, 9.17) is 5.73 Å². The number of carbonyl (C=O) groups excluding carboxylic acids is 1. The Morgan fingerprint density at radius 1 is 1.29 bits per heavy atom. The van der Waals surface area contributed by atoms with E-state index in [9.17, 15) is 13.6 Å². The van der Waals surface area contributed by atoms with Crippen molar-refractivity contribution in [2.45, 2.75) is 6.54 Å². The van der Waals surface area contributed by atoms with Crippen LogP contribution in [0.15, 0.2) is 42.7 Å². The fourth-order valence-electron chi connectivity index (χ4n) is 2.28. The number of rotatable bonds is 3. The number of nitrogens with zero attached hydrogens (tertiary/aromatic N) is 2. The van der Waals surface area contributed by atoms with Gasteiger partial charge in [-0.05, 0) is 30.3 Å². The van der Waals surface area contributed by atoms with E-state index < -0.39 is 17.5 Å². The summed E-state index contributed by atoms with van der Waals surface area (Å²) in [6.07, 6.45) is 3.05. The normalized spacial score (nSPS) is 11.0. The molecule has 0 aliphatic heterocycles. The summed E-state index contributed by atoms with van der Waals surface area (Å²) in [5, 5.41) is 0. The third kappa shape index (κ3) is 2.35. The minimum Gasteiger partial charge on any atom is -0.365 e. The van der Waals surface area contributed by atoms with E-state index in [1.807, 2.05) is 0 Å². The highest BCUT2D eigenvalue weighted by Gasteiger charge is 2.15. The third-order valence-corrected chi connectivity index (χ3v) is 3.25. The van der Waals surface area contributed by atoms with Crippen LogP contribution in [0.4, 0.5) is 8.78 Å². The number of halogens is 2. The predicted octanol–water partition coefficient (Wildman–Crippen LogP) is 2.46. The predicted molar refractivity (Wildman–Crippen MR) is 73.7 cm³/mol. The van der Waals surface area contributed by atoms with Gasteiger partial charge >= 0.3 is 0 Å². The maximum absolute atomic E-state index is 13.7. The summed E-state index contributed by atoms with van der Waals surface area (Å²) >= 11 is 0. The summed E-state index contributed by atoms with van der Waals surface area (Å²) in [5.74, 6) is -1.64. The number of aromatic nitrogens is 2. The standard InChI is InChI=1S/C15H11F2N3O/c16-10-3-4-12(17)9(6-10)7-20-8-11(15(18)21)14-13(20)2-1-5-19-14/h1-6,8H,7H2,(H2,18,21). The van der Waals surface area contributed by atoms with Crippen LogP contribution in [0.1, 0.15) is 15.9 Å². The van der Waals surface area contributed by atoms with Crippen LogP contribution in [0, 0.1) is 11.6 Å². The summed E-state index contributed by atoms with van der Waals surface area (Å²) < 4.78 is 28.6. The van der Waals surface area contributed by atoms with Gasteiger partial charge in [-0.3, -0.25) is 9.78 Å². The molecule has 0 saturated heterocycles. The van der Waals surface area contributed by atoms with E-state index in [0.717, 1.165) is 18.2 Å². The molecule has 0 aliphatic rings. The van der Waals surface area contributed by atoms with Crippen molar-refractivity contribution in [1.82, 2.24) is 9.55 Å². The van der Waals surface area contributed by atoms with Gasteiger partial charge in [0.15, 0.2) is 0 Å². The molecule has 106 valence electrons. The summed E-state index contributed by atoms with van der Waals surface area (Å²) in [5.41, 5.74) is 6.83. The van der Waals surface area contributed by atoms with E-state index in [1.165, 1.54) is 6.20 Å². The van der Waals surface area contributed by atoms with Crippen molar-refractivity contribution in [1.29, 1.82) is 0 Å². The second kappa shape index (κ2) is 4.97. The van der Waals surface area contributed by atoms with Crippen molar-refractivity contribution >= 4 is 16.9 Å². The largest absolute Gasteiger partial charge is 0.365 e. The van der Waals surface area contributed by atoms with Gasteiger partial charge in [0.05, 0.1) is 17.6 Å². The van der Waals surface area contributed by atoms with Gasteiger partial charge in [-0.2, -0.15) is 0 Å². The van der Waals surface area contributed by atoms with Crippen LogP contribution in [-0.2, 0) is 6.54 Å². The van der Waals surface area contributed by atoms with Gasteiger partial charge in [0.25, 0.3) is 5.91 Å². The van der Waals surface area contributed by atoms with E-state index in [0.29, 0.717) is 11.0 Å². The van der Waals surface area contributed by atoms with E-state index in [2.05, 4.69) is 4.98 Å². The molecule has 0 unspecified atom stereocenters. The number of amides is 1. The van der Waals surface area contributed by atoms with Crippen LogP contribution < -0.4 is 5.73 Å². The number of hydrogen-bond acceptors (Lipinski definition) is 2. The lowest BCUT2D eigenvalue weighted by Gasteiger charge is -2.06. The van der Waals surface area contributed by atoms with Crippen LogP contribution >= 0.6 is 0 Å². The first kappa shape index (κ1) is 13.2.